The average Bonchev–Trinajstić information content (AvgIpc) is 2.32. The highest BCUT2D eigenvalue weighted by Crippen LogP contribution is 2.21. The van der Waals surface area contributed by atoms with Crippen LogP contribution in [0.2, 0.25) is 0 Å². The Morgan fingerprint density at radius 1 is 1.29 bits per heavy atom. The van der Waals surface area contributed by atoms with E-state index in [1.165, 1.54) is 6.20 Å². The lowest BCUT2D eigenvalue weighted by Gasteiger charge is -2.05. The number of thiol groups is 1. The van der Waals surface area contributed by atoms with Gasteiger partial charge in [0.25, 0.3) is 0 Å². The lowest BCUT2D eigenvalue weighted by Crippen LogP contribution is -1.90. The van der Waals surface area contributed by atoms with Gasteiger partial charge in [-0.2, -0.15) is 0 Å². The average molecular weight is 249 g/mol. The molecular weight excluding hydrogens is 238 g/mol. The van der Waals surface area contributed by atoms with Gasteiger partial charge in [-0.3, -0.25) is 4.78 Å². The molecule has 0 saturated carbocycles. The van der Waals surface area contributed by atoms with Crippen LogP contribution < -0.4 is 10.5 Å². The Kier molecular flexibility index (Phi) is 3.24. The zero-order valence-corrected chi connectivity index (χ0v) is 9.72. The molecule has 6 heteroatoms. The summed E-state index contributed by atoms with van der Waals surface area (Å²) in [5.74, 6) is 0.895. The van der Waals surface area contributed by atoms with E-state index < -0.39 is 10.6 Å². The van der Waals surface area contributed by atoms with E-state index in [-0.39, 0.29) is 0 Å². The van der Waals surface area contributed by atoms with E-state index in [9.17, 15) is 4.21 Å². The van der Waals surface area contributed by atoms with Crippen LogP contribution in [0.3, 0.4) is 0 Å². The fraction of sp³-hybridized carbons (Fsp3) is 0. The largest absolute Gasteiger partial charge is 0.439 e. The molecule has 1 aromatic heterocycles. The fourth-order valence-electron chi connectivity index (χ4n) is 1.25. The third-order valence-corrected chi connectivity index (χ3v) is 2.78. The van der Waals surface area contributed by atoms with Crippen molar-refractivity contribution < 1.29 is 8.95 Å². The Labute approximate surface area is 100 Å². The van der Waals surface area contributed by atoms with E-state index in [0.29, 0.717) is 22.2 Å². The number of anilines is 1. The van der Waals surface area contributed by atoms with Crippen LogP contribution in [0.5, 0.6) is 11.6 Å². The molecule has 17 heavy (non-hydrogen) atoms. The highest BCUT2D eigenvalue weighted by atomic mass is 32.2. The minimum atomic E-state index is -2.11. The van der Waals surface area contributed by atoms with E-state index in [2.05, 4.69) is 4.98 Å². The molecule has 0 amide bonds. The number of aromatic nitrogens is 1. The van der Waals surface area contributed by atoms with Crippen molar-refractivity contribution in [3.8, 4) is 11.6 Å². The zero-order chi connectivity index (χ0) is 12.3. The number of nitrogens with two attached hydrogens (primary N) is 1. The lowest BCUT2D eigenvalue weighted by molar-refractivity contribution is 0.462. The van der Waals surface area contributed by atoms with Crippen molar-refractivity contribution >= 4 is 16.3 Å². The zero-order valence-electron chi connectivity index (χ0n) is 8.83. The number of benzene rings is 1. The number of hydrogen-bond donors (Lipinski definition) is 3. The van der Waals surface area contributed by atoms with Crippen molar-refractivity contribution in [2.24, 2.45) is 0 Å². The predicted octanol–water partition coefficient (Wildman–Crippen LogP) is 2.06. The Hall–Kier alpha value is -2.08. The molecule has 0 bridgehead atoms. The number of nitrogens with zero attached hydrogens (tertiary/aromatic N) is 1. The molecule has 0 aliphatic heterocycles. The van der Waals surface area contributed by atoms with Gasteiger partial charge in [0.15, 0.2) is 0 Å². The van der Waals surface area contributed by atoms with Gasteiger partial charge in [0.1, 0.15) is 5.75 Å². The second kappa shape index (κ2) is 4.84. The quantitative estimate of drug-likeness (QED) is 0.726. The number of rotatable bonds is 3. The van der Waals surface area contributed by atoms with Gasteiger partial charge < -0.3 is 10.5 Å². The Bertz CT molecular complexity index is 586. The van der Waals surface area contributed by atoms with Crippen molar-refractivity contribution in [2.75, 3.05) is 5.73 Å². The van der Waals surface area contributed by atoms with Gasteiger partial charge in [-0.25, -0.2) is 9.19 Å². The summed E-state index contributed by atoms with van der Waals surface area (Å²) in [5.41, 5.74) is 6.06. The van der Waals surface area contributed by atoms with Gasteiger partial charge in [-0.15, -0.1) is 0 Å². The molecule has 2 aromatic rings. The SMILES string of the molecule is N=[SH](=O)c1cccc(Oc2ccc(N)cn2)c1. The summed E-state index contributed by atoms with van der Waals surface area (Å²) in [7, 11) is -2.11. The molecular formula is C11H11N3O2S. The van der Waals surface area contributed by atoms with Crippen LogP contribution >= 0.6 is 0 Å². The Morgan fingerprint density at radius 2 is 2.12 bits per heavy atom. The first-order chi connectivity index (χ1) is 8.15. The van der Waals surface area contributed by atoms with Gasteiger partial charge in [-0.05, 0) is 24.3 Å². The second-order valence-corrected chi connectivity index (χ2v) is 4.43. The van der Waals surface area contributed by atoms with E-state index in [4.69, 9.17) is 15.3 Å². The van der Waals surface area contributed by atoms with Crippen LogP contribution in [0.1, 0.15) is 0 Å². The van der Waals surface area contributed by atoms with Crippen LogP contribution in [-0.2, 0) is 10.6 Å². The van der Waals surface area contributed by atoms with Crippen molar-refractivity contribution in [1.29, 1.82) is 4.78 Å². The monoisotopic (exact) mass is 249 g/mol. The molecule has 3 N–H and O–H groups in total. The maximum atomic E-state index is 11.0. The van der Waals surface area contributed by atoms with Crippen LogP contribution in [-0.4, -0.2) is 9.19 Å². The molecule has 0 saturated heterocycles. The highest BCUT2D eigenvalue weighted by molar-refractivity contribution is 7.73. The molecule has 1 aromatic carbocycles. The Morgan fingerprint density at radius 3 is 2.76 bits per heavy atom. The Balaban J connectivity index is 2.24. The number of ether oxygens (including phenoxy) is 1. The van der Waals surface area contributed by atoms with Crippen LogP contribution in [0.15, 0.2) is 47.5 Å². The predicted molar refractivity (Wildman–Crippen MR) is 65.7 cm³/mol. The standard InChI is InChI=1S/C11H11N3O2S/c12-8-4-5-11(14-7-8)16-9-2-1-3-10(6-9)17(13)15/h1-7,13,17H,12H2. The summed E-state index contributed by atoms with van der Waals surface area (Å²) in [4.78, 5) is 4.41. The maximum Gasteiger partial charge on any atom is 0.219 e. The first-order valence-corrected chi connectivity index (χ1v) is 6.09. The van der Waals surface area contributed by atoms with Crippen molar-refractivity contribution in [3.05, 3.63) is 42.6 Å². The van der Waals surface area contributed by atoms with E-state index >= 15 is 0 Å². The molecule has 0 aliphatic rings. The molecule has 1 atom stereocenters. The highest BCUT2D eigenvalue weighted by Gasteiger charge is 2.00. The normalized spacial score (nSPS) is 12.0. The summed E-state index contributed by atoms with van der Waals surface area (Å²) in [6.07, 6.45) is 1.49. The van der Waals surface area contributed by atoms with E-state index in [1.54, 1.807) is 36.4 Å². The van der Waals surface area contributed by atoms with Crippen LogP contribution in [0.25, 0.3) is 0 Å². The summed E-state index contributed by atoms with van der Waals surface area (Å²) in [6, 6.07) is 9.89. The molecule has 0 spiro atoms. The summed E-state index contributed by atoms with van der Waals surface area (Å²) < 4.78 is 23.6. The van der Waals surface area contributed by atoms with Crippen LogP contribution in [0, 0.1) is 4.78 Å². The summed E-state index contributed by atoms with van der Waals surface area (Å²) >= 11 is 0. The molecule has 5 nitrogen and oxygen atoms in total. The van der Waals surface area contributed by atoms with Crippen molar-refractivity contribution in [1.82, 2.24) is 4.98 Å². The fourth-order valence-corrected chi connectivity index (χ4v) is 1.71. The van der Waals surface area contributed by atoms with Gasteiger partial charge in [-0.1, -0.05) is 6.07 Å². The molecule has 1 unspecified atom stereocenters. The third-order valence-electron chi connectivity index (χ3n) is 2.03. The topological polar surface area (TPSA) is 89.1 Å². The van der Waals surface area contributed by atoms with Crippen molar-refractivity contribution in [2.45, 2.75) is 4.90 Å². The van der Waals surface area contributed by atoms with Gasteiger partial charge in [0, 0.05) is 11.0 Å². The van der Waals surface area contributed by atoms with E-state index in [0.717, 1.165) is 0 Å². The molecule has 2 rings (SSSR count). The first kappa shape index (κ1) is 11.4. The number of nitrogens with one attached hydrogen (secondary N) is 1. The van der Waals surface area contributed by atoms with Gasteiger partial charge >= 0.3 is 0 Å². The molecule has 0 fully saturated rings. The van der Waals surface area contributed by atoms with Crippen molar-refractivity contribution in [3.63, 3.8) is 0 Å². The minimum absolute atomic E-state index is 0.400. The summed E-state index contributed by atoms with van der Waals surface area (Å²) in [5, 5.41) is 0. The minimum Gasteiger partial charge on any atom is -0.439 e. The molecule has 0 aliphatic carbocycles. The maximum absolute atomic E-state index is 11.0. The van der Waals surface area contributed by atoms with Gasteiger partial charge in [0.2, 0.25) is 5.88 Å². The molecule has 0 radical (unpaired) electrons. The number of pyridine rings is 1. The third kappa shape index (κ3) is 2.94. The number of nitrogen functional groups attached to an aromatic ring is 1. The number of hydrogen-bond acceptors (Lipinski definition) is 5. The first-order valence-electron chi connectivity index (χ1n) is 4.83. The van der Waals surface area contributed by atoms with E-state index in [1.807, 2.05) is 0 Å². The second-order valence-electron chi connectivity index (χ2n) is 3.32. The molecule has 88 valence electrons. The smallest absolute Gasteiger partial charge is 0.219 e. The lowest BCUT2D eigenvalue weighted by atomic mass is 10.3. The molecule has 1 heterocycles. The van der Waals surface area contributed by atoms with Gasteiger partial charge in [0.05, 0.1) is 22.5 Å². The van der Waals surface area contributed by atoms with Crippen LogP contribution in [0.4, 0.5) is 5.69 Å². The summed E-state index contributed by atoms with van der Waals surface area (Å²) in [6.45, 7) is 0.